The van der Waals surface area contributed by atoms with Gasteiger partial charge in [-0.2, -0.15) is 0 Å². The van der Waals surface area contributed by atoms with Crippen LogP contribution in [0.3, 0.4) is 0 Å². The maximum absolute atomic E-state index is 6.19. The Morgan fingerprint density at radius 3 is 2.53 bits per heavy atom. The Morgan fingerprint density at radius 2 is 1.84 bits per heavy atom. The molecule has 1 atom stereocenters. The lowest BCUT2D eigenvalue weighted by Gasteiger charge is -2.24. The second kappa shape index (κ2) is 6.34. The van der Waals surface area contributed by atoms with Crippen molar-refractivity contribution in [1.82, 2.24) is 4.98 Å². The number of benzene rings is 1. The summed E-state index contributed by atoms with van der Waals surface area (Å²) in [6, 6.07) is 12.5. The predicted octanol–water partition coefficient (Wildman–Crippen LogP) is 3.13. The number of nitrogens with zero attached hydrogens (tertiary/aromatic N) is 2. The number of pyridine rings is 1. The van der Waals surface area contributed by atoms with Gasteiger partial charge in [0.2, 0.25) is 0 Å². The molecule has 3 nitrogen and oxygen atoms in total. The molecule has 0 spiro atoms. The molecule has 0 saturated carbocycles. The third-order valence-corrected chi connectivity index (χ3v) is 3.36. The lowest BCUT2D eigenvalue weighted by atomic mass is 10.0. The summed E-state index contributed by atoms with van der Waals surface area (Å²) >= 11 is 0. The van der Waals surface area contributed by atoms with Gasteiger partial charge in [-0.1, -0.05) is 25.1 Å². The van der Waals surface area contributed by atoms with Crippen LogP contribution in [-0.2, 0) is 6.54 Å². The Morgan fingerprint density at radius 1 is 1.16 bits per heavy atom. The maximum Gasteiger partial charge on any atom is 0.0427 e. The molecule has 0 amide bonds. The first-order valence-corrected chi connectivity index (χ1v) is 6.67. The van der Waals surface area contributed by atoms with Crippen molar-refractivity contribution in [2.75, 3.05) is 11.9 Å². The largest absolute Gasteiger partial charge is 0.370 e. The van der Waals surface area contributed by atoms with Gasteiger partial charge in [-0.15, -0.1) is 0 Å². The zero-order chi connectivity index (χ0) is 13.7. The number of hydrogen-bond acceptors (Lipinski definition) is 3. The van der Waals surface area contributed by atoms with Gasteiger partial charge < -0.3 is 10.6 Å². The summed E-state index contributed by atoms with van der Waals surface area (Å²) in [4.78, 5) is 6.28. The molecule has 0 aliphatic heterocycles. The Hall–Kier alpha value is -1.87. The molecule has 1 heterocycles. The van der Waals surface area contributed by atoms with Gasteiger partial charge in [0.25, 0.3) is 0 Å². The highest BCUT2D eigenvalue weighted by Gasteiger charge is 2.12. The average molecular weight is 255 g/mol. The van der Waals surface area contributed by atoms with Gasteiger partial charge in [-0.3, -0.25) is 4.98 Å². The lowest BCUT2D eigenvalue weighted by Crippen LogP contribution is -2.20. The van der Waals surface area contributed by atoms with Crippen molar-refractivity contribution in [1.29, 1.82) is 0 Å². The third-order valence-electron chi connectivity index (χ3n) is 3.36. The minimum Gasteiger partial charge on any atom is -0.370 e. The Kier molecular flexibility index (Phi) is 4.53. The van der Waals surface area contributed by atoms with Crippen LogP contribution in [0.15, 0.2) is 48.8 Å². The third kappa shape index (κ3) is 3.32. The van der Waals surface area contributed by atoms with E-state index in [2.05, 4.69) is 48.1 Å². The van der Waals surface area contributed by atoms with Crippen LogP contribution >= 0.6 is 0 Å². The SMILES string of the molecule is CCC(N)c1ccccc1N(C)Cc1ccncc1. The first-order chi connectivity index (χ1) is 9.22. The standard InChI is InChI=1S/C16H21N3/c1-3-15(17)14-6-4-5-7-16(14)19(2)12-13-8-10-18-11-9-13/h4-11,15H,3,12,17H2,1-2H3. The van der Waals surface area contributed by atoms with E-state index in [-0.39, 0.29) is 6.04 Å². The highest BCUT2D eigenvalue weighted by Crippen LogP contribution is 2.26. The molecule has 1 aromatic heterocycles. The van der Waals surface area contributed by atoms with Gasteiger partial charge in [0, 0.05) is 37.7 Å². The summed E-state index contributed by atoms with van der Waals surface area (Å²) in [6.07, 6.45) is 4.60. The Labute approximate surface area is 115 Å². The summed E-state index contributed by atoms with van der Waals surface area (Å²) in [7, 11) is 2.10. The van der Waals surface area contributed by atoms with E-state index in [1.54, 1.807) is 0 Å². The fourth-order valence-electron chi connectivity index (χ4n) is 2.22. The number of anilines is 1. The molecule has 19 heavy (non-hydrogen) atoms. The summed E-state index contributed by atoms with van der Waals surface area (Å²) < 4.78 is 0. The zero-order valence-electron chi connectivity index (χ0n) is 11.6. The van der Waals surface area contributed by atoms with Gasteiger partial charge in [0.05, 0.1) is 0 Å². The molecule has 2 N–H and O–H groups in total. The number of nitrogens with two attached hydrogens (primary N) is 1. The normalized spacial score (nSPS) is 12.2. The maximum atomic E-state index is 6.19. The number of rotatable bonds is 5. The van der Waals surface area contributed by atoms with E-state index in [1.807, 2.05) is 24.5 Å². The van der Waals surface area contributed by atoms with Crippen molar-refractivity contribution in [3.63, 3.8) is 0 Å². The number of para-hydroxylation sites is 1. The van der Waals surface area contributed by atoms with Crippen LogP contribution < -0.4 is 10.6 Å². The molecular weight excluding hydrogens is 234 g/mol. The van der Waals surface area contributed by atoms with Gasteiger partial charge in [0.15, 0.2) is 0 Å². The molecule has 0 saturated heterocycles. The highest BCUT2D eigenvalue weighted by atomic mass is 15.1. The van der Waals surface area contributed by atoms with Crippen LogP contribution in [-0.4, -0.2) is 12.0 Å². The van der Waals surface area contributed by atoms with Gasteiger partial charge in [-0.05, 0) is 35.7 Å². The predicted molar refractivity (Wildman–Crippen MR) is 80.0 cm³/mol. The second-order valence-electron chi connectivity index (χ2n) is 4.79. The van der Waals surface area contributed by atoms with Crippen LogP contribution in [0.4, 0.5) is 5.69 Å². The van der Waals surface area contributed by atoms with E-state index in [9.17, 15) is 0 Å². The Balaban J connectivity index is 2.21. The summed E-state index contributed by atoms with van der Waals surface area (Å²) in [5.41, 5.74) is 9.85. The smallest absolute Gasteiger partial charge is 0.0427 e. The van der Waals surface area contributed by atoms with E-state index in [1.165, 1.54) is 16.8 Å². The van der Waals surface area contributed by atoms with Crippen LogP contribution in [0.25, 0.3) is 0 Å². The van der Waals surface area contributed by atoms with Gasteiger partial charge in [-0.25, -0.2) is 0 Å². The average Bonchev–Trinajstić information content (AvgIpc) is 2.47. The molecule has 1 aromatic carbocycles. The van der Waals surface area contributed by atoms with Crippen molar-refractivity contribution in [3.05, 3.63) is 59.9 Å². The Bertz CT molecular complexity index is 510. The van der Waals surface area contributed by atoms with Crippen LogP contribution in [0.2, 0.25) is 0 Å². The highest BCUT2D eigenvalue weighted by molar-refractivity contribution is 5.54. The number of hydrogen-bond donors (Lipinski definition) is 1. The van der Waals surface area contributed by atoms with Crippen molar-refractivity contribution >= 4 is 5.69 Å². The van der Waals surface area contributed by atoms with E-state index in [0.29, 0.717) is 0 Å². The molecular formula is C16H21N3. The monoisotopic (exact) mass is 255 g/mol. The quantitative estimate of drug-likeness (QED) is 0.892. The topological polar surface area (TPSA) is 42.1 Å². The summed E-state index contributed by atoms with van der Waals surface area (Å²) in [6.45, 7) is 2.97. The molecule has 3 heteroatoms. The molecule has 100 valence electrons. The van der Waals surface area contributed by atoms with E-state index >= 15 is 0 Å². The number of aromatic nitrogens is 1. The lowest BCUT2D eigenvalue weighted by molar-refractivity contribution is 0.694. The van der Waals surface area contributed by atoms with Crippen molar-refractivity contribution in [3.8, 4) is 0 Å². The molecule has 2 aromatic rings. The first kappa shape index (κ1) is 13.6. The molecule has 0 radical (unpaired) electrons. The van der Waals surface area contributed by atoms with Crippen LogP contribution in [0, 0.1) is 0 Å². The molecule has 0 aliphatic rings. The van der Waals surface area contributed by atoms with Crippen molar-refractivity contribution in [2.24, 2.45) is 5.73 Å². The van der Waals surface area contributed by atoms with E-state index < -0.39 is 0 Å². The zero-order valence-corrected chi connectivity index (χ0v) is 11.6. The second-order valence-corrected chi connectivity index (χ2v) is 4.79. The molecule has 0 aliphatic carbocycles. The van der Waals surface area contributed by atoms with Crippen LogP contribution in [0.5, 0.6) is 0 Å². The molecule has 1 unspecified atom stereocenters. The van der Waals surface area contributed by atoms with E-state index in [0.717, 1.165) is 13.0 Å². The molecule has 0 fully saturated rings. The van der Waals surface area contributed by atoms with Gasteiger partial charge >= 0.3 is 0 Å². The molecule has 2 rings (SSSR count). The van der Waals surface area contributed by atoms with Crippen molar-refractivity contribution in [2.45, 2.75) is 25.9 Å². The fourth-order valence-corrected chi connectivity index (χ4v) is 2.22. The van der Waals surface area contributed by atoms with Crippen molar-refractivity contribution < 1.29 is 0 Å². The summed E-state index contributed by atoms with van der Waals surface area (Å²) in [5.74, 6) is 0. The molecule has 0 bridgehead atoms. The minimum atomic E-state index is 0.0936. The van der Waals surface area contributed by atoms with Gasteiger partial charge in [0.1, 0.15) is 0 Å². The first-order valence-electron chi connectivity index (χ1n) is 6.67. The minimum absolute atomic E-state index is 0.0936. The fraction of sp³-hybridized carbons (Fsp3) is 0.312. The van der Waals surface area contributed by atoms with E-state index in [4.69, 9.17) is 5.73 Å². The summed E-state index contributed by atoms with van der Waals surface area (Å²) in [5, 5.41) is 0. The van der Waals surface area contributed by atoms with Crippen LogP contribution in [0.1, 0.15) is 30.5 Å².